The van der Waals surface area contributed by atoms with Crippen LogP contribution < -0.4 is 0 Å². The van der Waals surface area contributed by atoms with Gasteiger partial charge in [0.25, 0.3) is 0 Å². The van der Waals surface area contributed by atoms with E-state index in [4.69, 9.17) is 14.2 Å². The third kappa shape index (κ3) is 3.74. The van der Waals surface area contributed by atoms with Crippen molar-refractivity contribution in [2.24, 2.45) is 5.92 Å². The van der Waals surface area contributed by atoms with Crippen LogP contribution in [0.1, 0.15) is 20.8 Å². The molecule has 122 valence electrons. The van der Waals surface area contributed by atoms with Crippen molar-refractivity contribution >= 4 is 5.97 Å². The highest BCUT2D eigenvalue weighted by Crippen LogP contribution is 2.41. The molecule has 21 heavy (non-hydrogen) atoms. The van der Waals surface area contributed by atoms with Crippen LogP contribution in [0.25, 0.3) is 0 Å². The Morgan fingerprint density at radius 1 is 1.19 bits per heavy atom. The van der Waals surface area contributed by atoms with Crippen molar-refractivity contribution in [3.8, 4) is 0 Å². The van der Waals surface area contributed by atoms with E-state index in [0.717, 1.165) is 0 Å². The fraction of sp³-hybridized carbons (Fsp3) is 0.769. The molecule has 1 aliphatic heterocycles. The summed E-state index contributed by atoms with van der Waals surface area (Å²) in [4.78, 5) is 11.4. The van der Waals surface area contributed by atoms with Crippen LogP contribution in [0.3, 0.4) is 0 Å². The van der Waals surface area contributed by atoms with E-state index in [-0.39, 0.29) is 5.57 Å². The van der Waals surface area contributed by atoms with Gasteiger partial charge in [0.15, 0.2) is 0 Å². The van der Waals surface area contributed by atoms with Crippen molar-refractivity contribution in [3.63, 3.8) is 0 Å². The normalized spacial score (nSPS) is 23.4. The first-order chi connectivity index (χ1) is 9.43. The Bertz CT molecular complexity index is 402. The first-order valence-electron chi connectivity index (χ1n) is 6.30. The van der Waals surface area contributed by atoms with E-state index in [1.165, 1.54) is 20.8 Å². The first-order valence-corrected chi connectivity index (χ1v) is 6.30. The zero-order valence-corrected chi connectivity index (χ0v) is 12.1. The molecule has 0 unspecified atom stereocenters. The minimum atomic E-state index is -4.36. The van der Waals surface area contributed by atoms with Crippen LogP contribution in [-0.2, 0) is 19.0 Å². The van der Waals surface area contributed by atoms with Crippen molar-refractivity contribution < 1.29 is 36.6 Å². The molecule has 0 atom stereocenters. The minimum Gasteiger partial charge on any atom is -0.457 e. The van der Waals surface area contributed by atoms with E-state index in [2.05, 4.69) is 6.58 Å². The summed E-state index contributed by atoms with van der Waals surface area (Å²) in [6, 6.07) is 0. The van der Waals surface area contributed by atoms with E-state index in [9.17, 15) is 22.4 Å². The quantitative estimate of drug-likeness (QED) is 0.455. The Balaban J connectivity index is 2.92. The Hall–Kier alpha value is -1.15. The van der Waals surface area contributed by atoms with Crippen LogP contribution in [0.5, 0.6) is 0 Å². The smallest absolute Gasteiger partial charge is 0.335 e. The molecule has 0 aromatic carbocycles. The molecule has 1 rings (SSSR count). The molecule has 0 amide bonds. The van der Waals surface area contributed by atoms with Crippen LogP contribution in [0, 0.1) is 5.92 Å². The lowest BCUT2D eigenvalue weighted by molar-refractivity contribution is -0.278. The van der Waals surface area contributed by atoms with Gasteiger partial charge in [-0.2, -0.15) is 17.6 Å². The monoisotopic (exact) mass is 314 g/mol. The van der Waals surface area contributed by atoms with E-state index in [1.54, 1.807) is 0 Å². The molecule has 0 spiro atoms. The van der Waals surface area contributed by atoms with Crippen LogP contribution in [-0.4, -0.2) is 43.4 Å². The molecule has 0 bridgehead atoms. The maximum atomic E-state index is 13.3. The Morgan fingerprint density at radius 2 is 1.62 bits per heavy atom. The van der Waals surface area contributed by atoms with Crippen molar-refractivity contribution in [1.82, 2.24) is 0 Å². The first kappa shape index (κ1) is 17.9. The van der Waals surface area contributed by atoms with Crippen LogP contribution >= 0.6 is 0 Å². The molecule has 0 aliphatic carbocycles. The third-order valence-corrected chi connectivity index (χ3v) is 3.16. The standard InChI is InChI=1S/C13H18F4O4/c1-8(2)10(18)19-5-11(9(3)4)20-6-12(14,15)13(16,17)7-21-11/h9H,1,5-7H2,2-4H3. The van der Waals surface area contributed by atoms with Crippen LogP contribution in [0.4, 0.5) is 17.6 Å². The number of carbonyl (C=O) groups excluding carboxylic acids is 1. The molecule has 0 radical (unpaired) electrons. The van der Waals surface area contributed by atoms with Gasteiger partial charge in [0, 0.05) is 11.5 Å². The number of hydrogen-bond acceptors (Lipinski definition) is 4. The second kappa shape index (κ2) is 5.92. The molecule has 0 N–H and O–H groups in total. The van der Waals surface area contributed by atoms with E-state index in [0.29, 0.717) is 0 Å². The molecule has 4 nitrogen and oxygen atoms in total. The highest BCUT2D eigenvalue weighted by atomic mass is 19.3. The zero-order valence-electron chi connectivity index (χ0n) is 12.1. The van der Waals surface area contributed by atoms with Crippen LogP contribution in [0.15, 0.2) is 12.2 Å². The highest BCUT2D eigenvalue weighted by molar-refractivity contribution is 5.86. The molecule has 0 aromatic rings. The predicted molar refractivity (Wildman–Crippen MR) is 65.1 cm³/mol. The summed E-state index contributed by atoms with van der Waals surface area (Å²) >= 11 is 0. The highest BCUT2D eigenvalue weighted by Gasteiger charge is 2.61. The minimum absolute atomic E-state index is 0.0817. The molecule has 8 heteroatoms. The van der Waals surface area contributed by atoms with Crippen molar-refractivity contribution in [1.29, 1.82) is 0 Å². The van der Waals surface area contributed by atoms with Gasteiger partial charge in [-0.1, -0.05) is 20.4 Å². The number of halogens is 4. The second-order valence-corrected chi connectivity index (χ2v) is 5.31. The van der Waals surface area contributed by atoms with Gasteiger partial charge >= 0.3 is 17.8 Å². The van der Waals surface area contributed by atoms with Crippen molar-refractivity contribution in [2.75, 3.05) is 19.8 Å². The number of carbonyl (C=O) groups is 1. The van der Waals surface area contributed by atoms with Gasteiger partial charge < -0.3 is 14.2 Å². The number of ether oxygens (including phenoxy) is 3. The number of esters is 1. The van der Waals surface area contributed by atoms with Crippen molar-refractivity contribution in [2.45, 2.75) is 38.4 Å². The average molecular weight is 314 g/mol. The van der Waals surface area contributed by atoms with E-state index < -0.39 is 49.3 Å². The molecule has 1 heterocycles. The molecular weight excluding hydrogens is 296 g/mol. The van der Waals surface area contributed by atoms with Gasteiger partial charge in [-0.15, -0.1) is 0 Å². The number of rotatable bonds is 4. The van der Waals surface area contributed by atoms with E-state index >= 15 is 0 Å². The Labute approximate surface area is 120 Å². The topological polar surface area (TPSA) is 44.8 Å². The fourth-order valence-corrected chi connectivity index (χ4v) is 1.55. The maximum absolute atomic E-state index is 13.3. The summed E-state index contributed by atoms with van der Waals surface area (Å²) in [6.07, 6.45) is 0. The van der Waals surface area contributed by atoms with E-state index in [1.807, 2.05) is 0 Å². The second-order valence-electron chi connectivity index (χ2n) is 5.31. The lowest BCUT2D eigenvalue weighted by Gasteiger charge is -2.34. The molecule has 1 aliphatic rings. The maximum Gasteiger partial charge on any atom is 0.335 e. The average Bonchev–Trinajstić information content (AvgIpc) is 2.45. The van der Waals surface area contributed by atoms with Gasteiger partial charge in [-0.05, 0) is 6.92 Å². The summed E-state index contributed by atoms with van der Waals surface area (Å²) in [6.45, 7) is 4.16. The van der Waals surface area contributed by atoms with Crippen molar-refractivity contribution in [3.05, 3.63) is 12.2 Å². The molecule has 0 saturated carbocycles. The summed E-state index contributed by atoms with van der Waals surface area (Å²) in [5.74, 6) is -12.0. The summed E-state index contributed by atoms with van der Waals surface area (Å²) < 4.78 is 67.8. The Morgan fingerprint density at radius 3 is 1.95 bits per heavy atom. The molecule has 1 fully saturated rings. The third-order valence-electron chi connectivity index (χ3n) is 3.16. The fourth-order valence-electron chi connectivity index (χ4n) is 1.55. The van der Waals surface area contributed by atoms with Gasteiger partial charge in [-0.25, -0.2) is 4.79 Å². The summed E-state index contributed by atoms with van der Waals surface area (Å²) in [5.41, 5.74) is 0.0817. The summed E-state index contributed by atoms with van der Waals surface area (Å²) in [7, 11) is 0. The number of hydrogen-bond donors (Lipinski definition) is 0. The van der Waals surface area contributed by atoms with Gasteiger partial charge in [0.1, 0.15) is 19.8 Å². The summed E-state index contributed by atoms with van der Waals surface area (Å²) in [5, 5.41) is 0. The molecule has 1 saturated heterocycles. The number of alkyl halides is 4. The lowest BCUT2D eigenvalue weighted by Crippen LogP contribution is -2.46. The lowest BCUT2D eigenvalue weighted by atomic mass is 10.0. The van der Waals surface area contributed by atoms with Crippen LogP contribution in [0.2, 0.25) is 0 Å². The van der Waals surface area contributed by atoms with Gasteiger partial charge in [0.2, 0.25) is 5.79 Å². The largest absolute Gasteiger partial charge is 0.457 e. The molecular formula is C13H18F4O4. The van der Waals surface area contributed by atoms with Gasteiger partial charge in [0.05, 0.1) is 0 Å². The Kier molecular flexibility index (Phi) is 5.05. The SMILES string of the molecule is C=C(C)C(=O)OCC1(C(C)C)OCC(F)(F)C(F)(F)CO1. The molecule has 0 aromatic heterocycles. The zero-order chi connectivity index (χ0) is 16.5. The predicted octanol–water partition coefficient (Wildman–Crippen LogP) is 2.78. The van der Waals surface area contributed by atoms with Gasteiger partial charge in [-0.3, -0.25) is 0 Å².